The minimum absolute atomic E-state index is 0.712. The van der Waals surface area contributed by atoms with Gasteiger partial charge in [-0.3, -0.25) is 0 Å². The molecule has 0 saturated carbocycles. The van der Waals surface area contributed by atoms with E-state index in [-0.39, 0.29) is 0 Å². The van der Waals surface area contributed by atoms with Crippen molar-refractivity contribution in [2.24, 2.45) is 5.41 Å². The first-order valence-electron chi connectivity index (χ1n) is 9.54. The van der Waals surface area contributed by atoms with E-state index < -0.39 is 0 Å². The molecule has 0 amide bonds. The van der Waals surface area contributed by atoms with Gasteiger partial charge in [0.2, 0.25) is 0 Å². The Bertz CT molecular complexity index is 190. The number of rotatable bonds is 12. The quantitative estimate of drug-likeness (QED) is 0.428. The Morgan fingerprint density at radius 2 is 1.10 bits per heavy atom. The van der Waals surface area contributed by atoms with Crippen LogP contribution in [0.2, 0.25) is 0 Å². The van der Waals surface area contributed by atoms with Crippen molar-refractivity contribution in [1.82, 2.24) is 5.32 Å². The Morgan fingerprint density at radius 1 is 0.650 bits per heavy atom. The van der Waals surface area contributed by atoms with E-state index in [2.05, 4.69) is 19.2 Å². The maximum Gasteiger partial charge on any atom is -0.00436 e. The second kappa shape index (κ2) is 11.6. The molecular formula is C19H39N. The molecule has 0 aromatic rings. The largest absolute Gasteiger partial charge is 0.317 e. The van der Waals surface area contributed by atoms with Gasteiger partial charge in [-0.15, -0.1) is 0 Å². The van der Waals surface area contributed by atoms with Crippen LogP contribution in [0.3, 0.4) is 0 Å². The molecular weight excluding hydrogens is 242 g/mol. The van der Waals surface area contributed by atoms with Crippen molar-refractivity contribution in [2.75, 3.05) is 13.1 Å². The predicted molar refractivity (Wildman–Crippen MR) is 91.3 cm³/mol. The van der Waals surface area contributed by atoms with Crippen LogP contribution in [0.15, 0.2) is 0 Å². The third-order valence-electron chi connectivity index (χ3n) is 5.29. The zero-order valence-electron chi connectivity index (χ0n) is 14.3. The fraction of sp³-hybridized carbons (Fsp3) is 1.00. The van der Waals surface area contributed by atoms with Gasteiger partial charge in [-0.25, -0.2) is 0 Å². The van der Waals surface area contributed by atoms with Crippen molar-refractivity contribution in [2.45, 2.75) is 104 Å². The SMILES string of the molecule is CCCCCCCC1(CCCCCCC)CCNCC1. The van der Waals surface area contributed by atoms with Crippen LogP contribution in [-0.2, 0) is 0 Å². The lowest BCUT2D eigenvalue weighted by Gasteiger charge is -2.38. The molecule has 1 heterocycles. The molecule has 0 radical (unpaired) electrons. The molecule has 120 valence electrons. The Hall–Kier alpha value is -0.0400. The second-order valence-electron chi connectivity index (χ2n) is 7.08. The Labute approximate surface area is 128 Å². The van der Waals surface area contributed by atoms with E-state index in [0.717, 1.165) is 0 Å². The van der Waals surface area contributed by atoms with E-state index in [4.69, 9.17) is 0 Å². The molecule has 0 atom stereocenters. The first kappa shape index (κ1) is 18.0. The summed E-state index contributed by atoms with van der Waals surface area (Å²) in [4.78, 5) is 0. The van der Waals surface area contributed by atoms with E-state index in [1.165, 1.54) is 103 Å². The predicted octanol–water partition coefficient (Wildman–Crippen LogP) is 6.08. The summed E-state index contributed by atoms with van der Waals surface area (Å²) in [5.41, 5.74) is 0.712. The molecule has 1 N–H and O–H groups in total. The van der Waals surface area contributed by atoms with Crippen LogP contribution in [0.25, 0.3) is 0 Å². The lowest BCUT2D eigenvalue weighted by molar-refractivity contribution is 0.157. The van der Waals surface area contributed by atoms with Crippen LogP contribution in [-0.4, -0.2) is 13.1 Å². The second-order valence-corrected chi connectivity index (χ2v) is 7.08. The van der Waals surface area contributed by atoms with Crippen molar-refractivity contribution in [3.05, 3.63) is 0 Å². The fourth-order valence-corrected chi connectivity index (χ4v) is 3.79. The van der Waals surface area contributed by atoms with Gasteiger partial charge in [0.15, 0.2) is 0 Å². The maximum atomic E-state index is 3.56. The highest BCUT2D eigenvalue weighted by Gasteiger charge is 2.30. The average molecular weight is 282 g/mol. The number of unbranched alkanes of at least 4 members (excludes halogenated alkanes) is 8. The van der Waals surface area contributed by atoms with Crippen molar-refractivity contribution in [3.63, 3.8) is 0 Å². The summed E-state index contributed by atoms with van der Waals surface area (Å²) in [6, 6.07) is 0. The smallest absolute Gasteiger partial charge is 0.00436 e. The first-order chi connectivity index (χ1) is 9.83. The molecule has 1 rings (SSSR count). The highest BCUT2D eigenvalue weighted by molar-refractivity contribution is 4.84. The van der Waals surface area contributed by atoms with Gasteiger partial charge < -0.3 is 5.32 Å². The zero-order chi connectivity index (χ0) is 14.5. The van der Waals surface area contributed by atoms with Gasteiger partial charge in [0, 0.05) is 0 Å². The van der Waals surface area contributed by atoms with Crippen LogP contribution < -0.4 is 5.32 Å². The van der Waals surface area contributed by atoms with Crippen LogP contribution in [0, 0.1) is 5.41 Å². The lowest BCUT2D eigenvalue weighted by Crippen LogP contribution is -2.36. The van der Waals surface area contributed by atoms with Gasteiger partial charge in [-0.2, -0.15) is 0 Å². The maximum absolute atomic E-state index is 3.56. The van der Waals surface area contributed by atoms with Crippen molar-refractivity contribution < 1.29 is 0 Å². The Balaban J connectivity index is 2.22. The van der Waals surface area contributed by atoms with E-state index in [0.29, 0.717) is 5.41 Å². The monoisotopic (exact) mass is 281 g/mol. The molecule has 1 saturated heterocycles. The Kier molecular flexibility index (Phi) is 10.4. The summed E-state index contributed by atoms with van der Waals surface area (Å²) in [5.74, 6) is 0. The van der Waals surface area contributed by atoms with Crippen LogP contribution >= 0.6 is 0 Å². The fourth-order valence-electron chi connectivity index (χ4n) is 3.79. The van der Waals surface area contributed by atoms with Crippen molar-refractivity contribution >= 4 is 0 Å². The summed E-state index contributed by atoms with van der Waals surface area (Å²) in [6.45, 7) is 7.16. The summed E-state index contributed by atoms with van der Waals surface area (Å²) < 4.78 is 0. The highest BCUT2D eigenvalue weighted by atomic mass is 14.9. The molecule has 20 heavy (non-hydrogen) atoms. The van der Waals surface area contributed by atoms with E-state index in [9.17, 15) is 0 Å². The summed E-state index contributed by atoms with van der Waals surface area (Å²) in [7, 11) is 0. The number of hydrogen-bond acceptors (Lipinski definition) is 1. The molecule has 0 aliphatic carbocycles. The molecule has 0 unspecified atom stereocenters. The van der Waals surface area contributed by atoms with Gasteiger partial charge >= 0.3 is 0 Å². The number of hydrogen-bond donors (Lipinski definition) is 1. The van der Waals surface area contributed by atoms with E-state index in [1.54, 1.807) is 0 Å². The van der Waals surface area contributed by atoms with Crippen molar-refractivity contribution in [1.29, 1.82) is 0 Å². The minimum Gasteiger partial charge on any atom is -0.317 e. The van der Waals surface area contributed by atoms with Gasteiger partial charge in [-0.05, 0) is 44.2 Å². The molecule has 1 fully saturated rings. The zero-order valence-corrected chi connectivity index (χ0v) is 14.3. The third-order valence-corrected chi connectivity index (χ3v) is 5.29. The first-order valence-corrected chi connectivity index (χ1v) is 9.54. The molecule has 1 aliphatic rings. The van der Waals surface area contributed by atoms with E-state index >= 15 is 0 Å². The summed E-state index contributed by atoms with van der Waals surface area (Å²) in [5, 5.41) is 3.56. The van der Waals surface area contributed by atoms with Crippen LogP contribution in [0.1, 0.15) is 104 Å². The normalized spacial score (nSPS) is 18.3. The molecule has 1 nitrogen and oxygen atoms in total. The third kappa shape index (κ3) is 7.67. The minimum atomic E-state index is 0.712. The van der Waals surface area contributed by atoms with Crippen LogP contribution in [0.4, 0.5) is 0 Å². The Morgan fingerprint density at radius 3 is 1.55 bits per heavy atom. The molecule has 1 heteroatoms. The summed E-state index contributed by atoms with van der Waals surface area (Å²) in [6.07, 6.45) is 20.3. The number of nitrogens with one attached hydrogen (secondary N) is 1. The molecule has 0 aromatic carbocycles. The molecule has 0 bridgehead atoms. The van der Waals surface area contributed by atoms with Gasteiger partial charge in [0.25, 0.3) is 0 Å². The van der Waals surface area contributed by atoms with E-state index in [1.807, 2.05) is 0 Å². The summed E-state index contributed by atoms with van der Waals surface area (Å²) >= 11 is 0. The standard InChI is InChI=1S/C19H39N/c1-3-5-7-9-11-13-19(15-17-20-18-16-19)14-12-10-8-6-4-2/h20H,3-18H2,1-2H3. The molecule has 0 spiro atoms. The molecule has 0 aromatic heterocycles. The average Bonchev–Trinajstić information content (AvgIpc) is 2.48. The number of piperidine rings is 1. The van der Waals surface area contributed by atoms with Gasteiger partial charge in [0.05, 0.1) is 0 Å². The highest BCUT2D eigenvalue weighted by Crippen LogP contribution is 2.39. The van der Waals surface area contributed by atoms with Crippen molar-refractivity contribution in [3.8, 4) is 0 Å². The van der Waals surface area contributed by atoms with Crippen LogP contribution in [0.5, 0.6) is 0 Å². The van der Waals surface area contributed by atoms with Gasteiger partial charge in [-0.1, -0.05) is 78.1 Å². The topological polar surface area (TPSA) is 12.0 Å². The molecule has 1 aliphatic heterocycles. The van der Waals surface area contributed by atoms with Gasteiger partial charge in [0.1, 0.15) is 0 Å². The lowest BCUT2D eigenvalue weighted by atomic mass is 9.71.